The van der Waals surface area contributed by atoms with Crippen molar-refractivity contribution in [1.29, 1.82) is 0 Å². The Labute approximate surface area is 111 Å². The third-order valence-electron chi connectivity index (χ3n) is 4.39. The molecule has 0 aromatic carbocycles. The van der Waals surface area contributed by atoms with Crippen LogP contribution in [0.1, 0.15) is 25.7 Å². The van der Waals surface area contributed by atoms with E-state index in [0.717, 1.165) is 32.4 Å². The van der Waals surface area contributed by atoms with E-state index in [1.165, 1.54) is 32.6 Å². The molecule has 0 aromatic heterocycles. The lowest BCUT2D eigenvalue weighted by Gasteiger charge is -2.33. The van der Waals surface area contributed by atoms with E-state index in [1.54, 1.807) is 0 Å². The van der Waals surface area contributed by atoms with Gasteiger partial charge in [0.15, 0.2) is 0 Å². The number of nitrogens with zero attached hydrogens (tertiary/aromatic N) is 3. The second-order valence-electron chi connectivity index (χ2n) is 5.89. The standard InChI is InChI=1S/C14H27N3O/c1-15-9-11-17(12-10-15)8-4-7-16(2)14(18)13-5-3-6-13/h13H,3-12H2,1-2H3. The van der Waals surface area contributed by atoms with E-state index >= 15 is 0 Å². The molecule has 0 aromatic rings. The van der Waals surface area contributed by atoms with Gasteiger partial charge in [0.2, 0.25) is 5.91 Å². The Morgan fingerprint density at radius 2 is 1.89 bits per heavy atom. The van der Waals surface area contributed by atoms with Gasteiger partial charge in [-0.1, -0.05) is 6.42 Å². The van der Waals surface area contributed by atoms with E-state index < -0.39 is 0 Å². The van der Waals surface area contributed by atoms with Crippen LogP contribution < -0.4 is 0 Å². The predicted molar refractivity (Wildman–Crippen MR) is 73.5 cm³/mol. The average Bonchev–Trinajstić information content (AvgIpc) is 2.29. The number of carbonyl (C=O) groups excluding carboxylic acids is 1. The highest BCUT2D eigenvalue weighted by atomic mass is 16.2. The van der Waals surface area contributed by atoms with Gasteiger partial charge in [0.05, 0.1) is 0 Å². The first-order chi connectivity index (χ1) is 8.66. The second kappa shape index (κ2) is 6.53. The third kappa shape index (κ3) is 3.69. The molecule has 2 fully saturated rings. The Bertz CT molecular complexity index is 270. The van der Waals surface area contributed by atoms with Gasteiger partial charge in [-0.2, -0.15) is 0 Å². The normalized spacial score (nSPS) is 22.8. The minimum Gasteiger partial charge on any atom is -0.345 e. The predicted octanol–water partition coefficient (Wildman–Crippen LogP) is 0.882. The number of rotatable bonds is 5. The molecule has 2 rings (SSSR count). The minimum absolute atomic E-state index is 0.346. The molecule has 0 bridgehead atoms. The van der Waals surface area contributed by atoms with E-state index in [1.807, 2.05) is 11.9 Å². The Balaban J connectivity index is 1.58. The molecule has 4 heteroatoms. The topological polar surface area (TPSA) is 26.8 Å². The fourth-order valence-electron chi connectivity index (χ4n) is 2.68. The van der Waals surface area contributed by atoms with Gasteiger partial charge < -0.3 is 14.7 Å². The molecule has 0 unspecified atom stereocenters. The largest absolute Gasteiger partial charge is 0.345 e. The van der Waals surface area contributed by atoms with Crippen LogP contribution in [0.5, 0.6) is 0 Å². The van der Waals surface area contributed by atoms with Gasteiger partial charge in [0.25, 0.3) is 0 Å². The van der Waals surface area contributed by atoms with Gasteiger partial charge in [0.1, 0.15) is 0 Å². The number of carbonyl (C=O) groups is 1. The molecule has 1 aliphatic heterocycles. The highest BCUT2D eigenvalue weighted by Crippen LogP contribution is 2.27. The van der Waals surface area contributed by atoms with Crippen molar-refractivity contribution in [2.24, 2.45) is 5.92 Å². The van der Waals surface area contributed by atoms with Crippen molar-refractivity contribution in [2.75, 3.05) is 53.4 Å². The van der Waals surface area contributed by atoms with Gasteiger partial charge >= 0.3 is 0 Å². The average molecular weight is 253 g/mol. The lowest BCUT2D eigenvalue weighted by molar-refractivity contribution is -0.136. The summed E-state index contributed by atoms with van der Waals surface area (Å²) in [5.74, 6) is 0.721. The number of piperazine rings is 1. The maximum Gasteiger partial charge on any atom is 0.225 e. The van der Waals surface area contributed by atoms with Crippen LogP contribution in [-0.4, -0.2) is 74.0 Å². The summed E-state index contributed by atoms with van der Waals surface area (Å²) in [6.07, 6.45) is 4.58. The van der Waals surface area contributed by atoms with Crippen molar-refractivity contribution in [2.45, 2.75) is 25.7 Å². The minimum atomic E-state index is 0.346. The molecule has 1 saturated carbocycles. The number of hydrogen-bond acceptors (Lipinski definition) is 3. The van der Waals surface area contributed by atoms with E-state index in [-0.39, 0.29) is 0 Å². The Hall–Kier alpha value is -0.610. The highest BCUT2D eigenvalue weighted by molar-refractivity contribution is 5.79. The highest BCUT2D eigenvalue weighted by Gasteiger charge is 2.27. The van der Waals surface area contributed by atoms with Crippen LogP contribution in [0.2, 0.25) is 0 Å². The lowest BCUT2D eigenvalue weighted by Crippen LogP contribution is -2.45. The first-order valence-corrected chi connectivity index (χ1v) is 7.32. The van der Waals surface area contributed by atoms with Gasteiger partial charge in [-0.25, -0.2) is 0 Å². The maximum absolute atomic E-state index is 12.0. The van der Waals surface area contributed by atoms with E-state index in [0.29, 0.717) is 11.8 Å². The van der Waals surface area contributed by atoms with Crippen molar-refractivity contribution < 1.29 is 4.79 Å². The lowest BCUT2D eigenvalue weighted by atomic mass is 9.84. The summed E-state index contributed by atoms with van der Waals surface area (Å²) in [7, 11) is 4.15. The SMILES string of the molecule is CN1CCN(CCCN(C)C(=O)C2CCC2)CC1. The van der Waals surface area contributed by atoms with Gasteiger partial charge in [-0.15, -0.1) is 0 Å². The molecular formula is C14H27N3O. The van der Waals surface area contributed by atoms with Gasteiger partial charge in [-0.05, 0) is 32.9 Å². The van der Waals surface area contributed by atoms with Gasteiger partial charge in [0, 0.05) is 45.7 Å². The first-order valence-electron chi connectivity index (χ1n) is 7.32. The molecule has 1 heterocycles. The maximum atomic E-state index is 12.0. The molecule has 0 N–H and O–H groups in total. The summed E-state index contributed by atoms with van der Waals surface area (Å²) >= 11 is 0. The molecule has 0 spiro atoms. The smallest absolute Gasteiger partial charge is 0.225 e. The van der Waals surface area contributed by atoms with Crippen LogP contribution in [0.15, 0.2) is 0 Å². The molecule has 1 saturated heterocycles. The molecule has 0 radical (unpaired) electrons. The zero-order chi connectivity index (χ0) is 13.0. The van der Waals surface area contributed by atoms with Crippen LogP contribution in [0.3, 0.4) is 0 Å². The van der Waals surface area contributed by atoms with E-state index in [9.17, 15) is 4.79 Å². The fraction of sp³-hybridized carbons (Fsp3) is 0.929. The van der Waals surface area contributed by atoms with Crippen LogP contribution in [0, 0.1) is 5.92 Å². The van der Waals surface area contributed by atoms with Crippen LogP contribution >= 0.6 is 0 Å². The molecule has 18 heavy (non-hydrogen) atoms. The van der Waals surface area contributed by atoms with E-state index in [4.69, 9.17) is 0 Å². The van der Waals surface area contributed by atoms with Gasteiger partial charge in [-0.3, -0.25) is 4.79 Å². The Morgan fingerprint density at radius 1 is 1.22 bits per heavy atom. The van der Waals surface area contributed by atoms with Crippen molar-refractivity contribution in [1.82, 2.24) is 14.7 Å². The van der Waals surface area contributed by atoms with Crippen molar-refractivity contribution in [3.63, 3.8) is 0 Å². The number of hydrogen-bond donors (Lipinski definition) is 0. The Morgan fingerprint density at radius 3 is 2.44 bits per heavy atom. The van der Waals surface area contributed by atoms with Crippen LogP contribution in [0.4, 0.5) is 0 Å². The molecule has 0 atom stereocenters. The quantitative estimate of drug-likeness (QED) is 0.728. The summed E-state index contributed by atoms with van der Waals surface area (Å²) < 4.78 is 0. The first kappa shape index (κ1) is 13.8. The third-order valence-corrected chi connectivity index (χ3v) is 4.39. The number of likely N-dealkylation sites (N-methyl/N-ethyl adjacent to an activating group) is 1. The van der Waals surface area contributed by atoms with Crippen molar-refractivity contribution >= 4 is 5.91 Å². The van der Waals surface area contributed by atoms with Crippen LogP contribution in [-0.2, 0) is 4.79 Å². The summed E-state index contributed by atoms with van der Waals surface area (Å²) in [5.41, 5.74) is 0. The summed E-state index contributed by atoms with van der Waals surface area (Å²) in [5, 5.41) is 0. The zero-order valence-corrected chi connectivity index (χ0v) is 11.9. The molecule has 104 valence electrons. The summed E-state index contributed by atoms with van der Waals surface area (Å²) in [6, 6.07) is 0. The molecule has 2 aliphatic rings. The molecule has 4 nitrogen and oxygen atoms in total. The zero-order valence-electron chi connectivity index (χ0n) is 11.9. The Kier molecular flexibility index (Phi) is 5.01. The summed E-state index contributed by atoms with van der Waals surface area (Å²) in [4.78, 5) is 18.8. The molecule has 1 aliphatic carbocycles. The number of amides is 1. The monoisotopic (exact) mass is 253 g/mol. The molecular weight excluding hydrogens is 226 g/mol. The summed E-state index contributed by atoms with van der Waals surface area (Å²) in [6.45, 7) is 6.76. The van der Waals surface area contributed by atoms with Crippen molar-refractivity contribution in [3.8, 4) is 0 Å². The van der Waals surface area contributed by atoms with Crippen molar-refractivity contribution in [3.05, 3.63) is 0 Å². The molecule has 1 amide bonds. The second-order valence-corrected chi connectivity index (χ2v) is 5.89. The fourth-order valence-corrected chi connectivity index (χ4v) is 2.68. The van der Waals surface area contributed by atoms with E-state index in [2.05, 4.69) is 16.8 Å². The van der Waals surface area contributed by atoms with Crippen LogP contribution in [0.25, 0.3) is 0 Å².